The first kappa shape index (κ1) is 15.2. The maximum atomic E-state index is 12.2. The lowest BCUT2D eigenvalue weighted by Crippen LogP contribution is -2.34. The van der Waals surface area contributed by atoms with Crippen LogP contribution < -0.4 is 5.32 Å². The average molecular weight is 287 g/mol. The highest BCUT2D eigenvalue weighted by molar-refractivity contribution is 5.80. The number of carbonyl (C=O) groups is 1. The standard InChI is InChI=1S/C15H21N5O/c1-4-13(20-9-5-7-17-20)15(21)16-8-6-14-18-11(2)10-12(3)19-14/h5,7,9-10,13H,4,6,8H2,1-3H3,(H,16,21). The number of nitrogens with one attached hydrogen (secondary N) is 1. The van der Waals surface area contributed by atoms with Crippen LogP contribution in [-0.2, 0) is 11.2 Å². The van der Waals surface area contributed by atoms with Crippen molar-refractivity contribution in [2.24, 2.45) is 0 Å². The van der Waals surface area contributed by atoms with Crippen LogP contribution in [0.1, 0.15) is 36.6 Å². The SMILES string of the molecule is CCC(C(=O)NCCc1nc(C)cc(C)n1)n1cccn1. The summed E-state index contributed by atoms with van der Waals surface area (Å²) in [6, 6.07) is 3.49. The molecule has 0 aliphatic rings. The molecule has 0 spiro atoms. The van der Waals surface area contributed by atoms with E-state index in [1.807, 2.05) is 32.9 Å². The van der Waals surface area contributed by atoms with E-state index in [9.17, 15) is 4.79 Å². The molecule has 21 heavy (non-hydrogen) atoms. The van der Waals surface area contributed by atoms with Crippen LogP contribution in [0.3, 0.4) is 0 Å². The summed E-state index contributed by atoms with van der Waals surface area (Å²) < 4.78 is 1.68. The Balaban J connectivity index is 1.89. The van der Waals surface area contributed by atoms with E-state index in [0.717, 1.165) is 17.2 Å². The quantitative estimate of drug-likeness (QED) is 0.876. The second-order valence-electron chi connectivity index (χ2n) is 5.02. The molecule has 1 atom stereocenters. The fraction of sp³-hybridized carbons (Fsp3) is 0.467. The van der Waals surface area contributed by atoms with Crippen molar-refractivity contribution in [1.82, 2.24) is 25.1 Å². The Bertz CT molecular complexity index is 574. The van der Waals surface area contributed by atoms with Gasteiger partial charge in [0.15, 0.2) is 0 Å². The minimum atomic E-state index is -0.264. The van der Waals surface area contributed by atoms with Gasteiger partial charge in [0.25, 0.3) is 0 Å². The number of hydrogen-bond acceptors (Lipinski definition) is 4. The molecule has 0 saturated carbocycles. The Morgan fingerprint density at radius 2 is 2.05 bits per heavy atom. The third-order valence-electron chi connectivity index (χ3n) is 3.21. The highest BCUT2D eigenvalue weighted by atomic mass is 16.2. The van der Waals surface area contributed by atoms with Gasteiger partial charge in [-0.25, -0.2) is 9.97 Å². The van der Waals surface area contributed by atoms with Crippen molar-refractivity contribution in [1.29, 1.82) is 0 Å². The minimum absolute atomic E-state index is 0.0226. The molecular formula is C15H21N5O. The highest BCUT2D eigenvalue weighted by Gasteiger charge is 2.17. The molecule has 2 aromatic heterocycles. The number of rotatable bonds is 6. The molecule has 0 aromatic carbocycles. The van der Waals surface area contributed by atoms with Crippen LogP contribution in [0, 0.1) is 13.8 Å². The second-order valence-corrected chi connectivity index (χ2v) is 5.02. The fourth-order valence-corrected chi connectivity index (χ4v) is 2.28. The lowest BCUT2D eigenvalue weighted by atomic mass is 10.2. The normalized spacial score (nSPS) is 12.1. The topological polar surface area (TPSA) is 72.7 Å². The van der Waals surface area contributed by atoms with Gasteiger partial charge in [-0.1, -0.05) is 6.92 Å². The zero-order valence-corrected chi connectivity index (χ0v) is 12.7. The minimum Gasteiger partial charge on any atom is -0.354 e. The Morgan fingerprint density at radius 1 is 1.33 bits per heavy atom. The summed E-state index contributed by atoms with van der Waals surface area (Å²) in [5.74, 6) is 0.741. The molecule has 1 N–H and O–H groups in total. The van der Waals surface area contributed by atoms with Crippen LogP contribution in [0.2, 0.25) is 0 Å². The van der Waals surface area contributed by atoms with Crippen molar-refractivity contribution in [3.8, 4) is 0 Å². The Kier molecular flexibility index (Phi) is 5.03. The third-order valence-corrected chi connectivity index (χ3v) is 3.21. The molecule has 6 nitrogen and oxygen atoms in total. The van der Waals surface area contributed by atoms with Crippen LogP contribution in [0.5, 0.6) is 0 Å². The Hall–Kier alpha value is -2.24. The van der Waals surface area contributed by atoms with Gasteiger partial charge in [0.05, 0.1) is 0 Å². The van der Waals surface area contributed by atoms with Gasteiger partial charge in [-0.3, -0.25) is 9.48 Å². The van der Waals surface area contributed by atoms with Crippen LogP contribution >= 0.6 is 0 Å². The van der Waals surface area contributed by atoms with Gasteiger partial charge in [0.2, 0.25) is 5.91 Å². The maximum absolute atomic E-state index is 12.2. The summed E-state index contributed by atoms with van der Waals surface area (Å²) in [5, 5.41) is 7.06. The van der Waals surface area contributed by atoms with Gasteiger partial charge < -0.3 is 5.32 Å². The van der Waals surface area contributed by atoms with Gasteiger partial charge >= 0.3 is 0 Å². The second kappa shape index (κ2) is 6.97. The fourth-order valence-electron chi connectivity index (χ4n) is 2.28. The van der Waals surface area contributed by atoms with Crippen molar-refractivity contribution in [2.75, 3.05) is 6.54 Å². The summed E-state index contributed by atoms with van der Waals surface area (Å²) >= 11 is 0. The van der Waals surface area contributed by atoms with Crippen LogP contribution in [-0.4, -0.2) is 32.2 Å². The monoisotopic (exact) mass is 287 g/mol. The van der Waals surface area contributed by atoms with E-state index in [2.05, 4.69) is 20.4 Å². The van der Waals surface area contributed by atoms with Crippen molar-refractivity contribution in [3.05, 3.63) is 41.7 Å². The largest absolute Gasteiger partial charge is 0.354 e. The first-order chi connectivity index (χ1) is 10.1. The first-order valence-corrected chi connectivity index (χ1v) is 7.18. The van der Waals surface area contributed by atoms with Crippen molar-refractivity contribution in [3.63, 3.8) is 0 Å². The molecule has 2 heterocycles. The number of aryl methyl sites for hydroxylation is 2. The van der Waals surface area contributed by atoms with Gasteiger partial charge in [0.1, 0.15) is 11.9 Å². The molecule has 0 aliphatic heterocycles. The number of amides is 1. The van der Waals surface area contributed by atoms with Gasteiger partial charge in [-0.05, 0) is 32.4 Å². The van der Waals surface area contributed by atoms with Crippen LogP contribution in [0.15, 0.2) is 24.5 Å². The van der Waals surface area contributed by atoms with E-state index in [4.69, 9.17) is 0 Å². The maximum Gasteiger partial charge on any atom is 0.244 e. The molecule has 1 unspecified atom stereocenters. The summed E-state index contributed by atoms with van der Waals surface area (Å²) in [6.45, 7) is 6.39. The van der Waals surface area contributed by atoms with Crippen molar-refractivity contribution in [2.45, 2.75) is 39.7 Å². The van der Waals surface area contributed by atoms with Gasteiger partial charge in [-0.2, -0.15) is 5.10 Å². The predicted octanol–water partition coefficient (Wildman–Crippen LogP) is 1.60. The smallest absolute Gasteiger partial charge is 0.244 e. The molecule has 6 heteroatoms. The van der Waals surface area contributed by atoms with Crippen molar-refractivity contribution >= 4 is 5.91 Å². The van der Waals surface area contributed by atoms with E-state index in [-0.39, 0.29) is 11.9 Å². The molecule has 2 aromatic rings. The molecule has 0 saturated heterocycles. The lowest BCUT2D eigenvalue weighted by molar-refractivity contribution is -0.124. The number of carbonyl (C=O) groups excluding carboxylic acids is 1. The molecule has 0 fully saturated rings. The number of nitrogens with zero attached hydrogens (tertiary/aromatic N) is 4. The summed E-state index contributed by atoms with van der Waals surface area (Å²) in [6.07, 6.45) is 4.82. The molecule has 2 rings (SSSR count). The highest BCUT2D eigenvalue weighted by Crippen LogP contribution is 2.09. The molecular weight excluding hydrogens is 266 g/mol. The van der Waals surface area contributed by atoms with Crippen LogP contribution in [0.25, 0.3) is 0 Å². The molecule has 0 aliphatic carbocycles. The predicted molar refractivity (Wildman–Crippen MR) is 79.8 cm³/mol. The number of aromatic nitrogens is 4. The van der Waals surface area contributed by atoms with E-state index in [1.54, 1.807) is 17.1 Å². The summed E-state index contributed by atoms with van der Waals surface area (Å²) in [7, 11) is 0. The van der Waals surface area contributed by atoms with E-state index in [1.165, 1.54) is 0 Å². The van der Waals surface area contributed by atoms with E-state index in [0.29, 0.717) is 19.4 Å². The molecule has 1 amide bonds. The Labute approximate surface area is 124 Å². The molecule has 0 radical (unpaired) electrons. The van der Waals surface area contributed by atoms with Crippen molar-refractivity contribution < 1.29 is 4.79 Å². The zero-order chi connectivity index (χ0) is 15.2. The average Bonchev–Trinajstić information content (AvgIpc) is 2.92. The van der Waals surface area contributed by atoms with E-state index >= 15 is 0 Å². The molecule has 112 valence electrons. The summed E-state index contributed by atoms with van der Waals surface area (Å²) in [5.41, 5.74) is 1.90. The molecule has 0 bridgehead atoms. The van der Waals surface area contributed by atoms with E-state index < -0.39 is 0 Å². The van der Waals surface area contributed by atoms with Gasteiger partial charge in [0, 0.05) is 36.7 Å². The van der Waals surface area contributed by atoms with Gasteiger partial charge in [-0.15, -0.1) is 0 Å². The van der Waals surface area contributed by atoms with Crippen LogP contribution in [0.4, 0.5) is 0 Å². The number of hydrogen-bond donors (Lipinski definition) is 1. The lowest BCUT2D eigenvalue weighted by Gasteiger charge is -2.15. The Morgan fingerprint density at radius 3 is 2.62 bits per heavy atom. The zero-order valence-electron chi connectivity index (χ0n) is 12.7. The third kappa shape index (κ3) is 4.11. The first-order valence-electron chi connectivity index (χ1n) is 7.18. The summed E-state index contributed by atoms with van der Waals surface area (Å²) in [4.78, 5) is 20.9.